The third-order valence-electron chi connectivity index (χ3n) is 4.01. The van der Waals surface area contributed by atoms with E-state index in [1.165, 1.54) is 37.9 Å². The van der Waals surface area contributed by atoms with Gasteiger partial charge in [0.15, 0.2) is 0 Å². The second-order valence-electron chi connectivity index (χ2n) is 6.03. The standard InChI is InChI=1S/C17H23N5/c1-13-8-16(19-9-13)14(2)21-17-11-18-15(10-20-17)12-22-6-4-3-5-7-22/h8,10-11H,2-7,9,12H2,1H3,(H,20,21). The van der Waals surface area contributed by atoms with Crippen LogP contribution in [0.2, 0.25) is 0 Å². The molecular formula is C17H23N5. The number of allylic oxidation sites excluding steroid dienone is 1. The molecule has 0 saturated carbocycles. The summed E-state index contributed by atoms with van der Waals surface area (Å²) in [5, 5.41) is 3.18. The number of hydrogen-bond acceptors (Lipinski definition) is 5. The number of aromatic nitrogens is 2. The summed E-state index contributed by atoms with van der Waals surface area (Å²) >= 11 is 0. The van der Waals surface area contributed by atoms with E-state index in [2.05, 4.69) is 38.7 Å². The third-order valence-corrected chi connectivity index (χ3v) is 4.01. The van der Waals surface area contributed by atoms with Crippen molar-refractivity contribution in [1.82, 2.24) is 14.9 Å². The second kappa shape index (κ2) is 6.83. The van der Waals surface area contributed by atoms with Crippen LogP contribution in [-0.4, -0.2) is 40.2 Å². The van der Waals surface area contributed by atoms with E-state index in [-0.39, 0.29) is 0 Å². The number of nitrogens with one attached hydrogen (secondary N) is 1. The average Bonchev–Trinajstić information content (AvgIpc) is 2.97. The summed E-state index contributed by atoms with van der Waals surface area (Å²) in [7, 11) is 0. The Balaban J connectivity index is 1.56. The molecule has 0 bridgehead atoms. The lowest BCUT2D eigenvalue weighted by Gasteiger charge is -2.25. The maximum atomic E-state index is 4.50. The summed E-state index contributed by atoms with van der Waals surface area (Å²) in [5.74, 6) is 0.716. The summed E-state index contributed by atoms with van der Waals surface area (Å²) in [6, 6.07) is 0. The number of anilines is 1. The number of piperidine rings is 1. The molecule has 3 heterocycles. The van der Waals surface area contributed by atoms with Crippen molar-refractivity contribution >= 4 is 11.5 Å². The Hall–Kier alpha value is -2.01. The van der Waals surface area contributed by atoms with Crippen molar-refractivity contribution in [3.63, 3.8) is 0 Å². The molecule has 2 aliphatic rings. The Morgan fingerprint density at radius 3 is 2.68 bits per heavy atom. The molecular weight excluding hydrogens is 274 g/mol. The summed E-state index contributed by atoms with van der Waals surface area (Å²) in [6.07, 6.45) is 9.61. The predicted octanol–water partition coefficient (Wildman–Crippen LogP) is 2.79. The van der Waals surface area contributed by atoms with Crippen molar-refractivity contribution in [2.24, 2.45) is 4.99 Å². The van der Waals surface area contributed by atoms with Gasteiger partial charge in [0.1, 0.15) is 5.82 Å². The van der Waals surface area contributed by atoms with Crippen molar-refractivity contribution in [2.75, 3.05) is 25.0 Å². The van der Waals surface area contributed by atoms with Gasteiger partial charge < -0.3 is 5.32 Å². The van der Waals surface area contributed by atoms with Crippen LogP contribution in [0.15, 0.2) is 41.3 Å². The summed E-state index contributed by atoms with van der Waals surface area (Å²) < 4.78 is 0. The maximum Gasteiger partial charge on any atom is 0.148 e. The predicted molar refractivity (Wildman–Crippen MR) is 90.0 cm³/mol. The number of aliphatic imine (C=N–C) groups is 1. The van der Waals surface area contributed by atoms with Crippen molar-refractivity contribution < 1.29 is 0 Å². The van der Waals surface area contributed by atoms with Crippen LogP contribution < -0.4 is 5.32 Å². The van der Waals surface area contributed by atoms with Crippen molar-refractivity contribution in [1.29, 1.82) is 0 Å². The second-order valence-corrected chi connectivity index (χ2v) is 6.03. The van der Waals surface area contributed by atoms with Crippen LogP contribution in [0, 0.1) is 0 Å². The van der Waals surface area contributed by atoms with Gasteiger partial charge in [-0.15, -0.1) is 0 Å². The summed E-state index contributed by atoms with van der Waals surface area (Å²) in [4.78, 5) is 15.8. The molecule has 0 amide bonds. The lowest BCUT2D eigenvalue weighted by atomic mass is 10.1. The molecule has 22 heavy (non-hydrogen) atoms. The Bertz CT molecular complexity index is 594. The minimum Gasteiger partial charge on any atom is -0.338 e. The van der Waals surface area contributed by atoms with Gasteiger partial charge in [-0.2, -0.15) is 0 Å². The van der Waals surface area contributed by atoms with Gasteiger partial charge in [-0.1, -0.05) is 13.0 Å². The van der Waals surface area contributed by atoms with Gasteiger partial charge in [-0.25, -0.2) is 4.98 Å². The molecule has 0 atom stereocenters. The fourth-order valence-electron chi connectivity index (χ4n) is 2.78. The highest BCUT2D eigenvalue weighted by Gasteiger charge is 2.12. The number of rotatable bonds is 5. The Kier molecular flexibility index (Phi) is 4.63. The molecule has 1 aromatic heterocycles. The highest BCUT2D eigenvalue weighted by molar-refractivity contribution is 6.11. The molecule has 116 valence electrons. The molecule has 1 saturated heterocycles. The van der Waals surface area contributed by atoms with Gasteiger partial charge in [0, 0.05) is 6.54 Å². The first-order valence-electron chi connectivity index (χ1n) is 7.92. The molecule has 5 heteroatoms. The smallest absolute Gasteiger partial charge is 0.148 e. The zero-order valence-corrected chi connectivity index (χ0v) is 13.2. The summed E-state index contributed by atoms with van der Waals surface area (Å²) in [6.45, 7) is 10.1. The van der Waals surface area contributed by atoms with Gasteiger partial charge in [0.05, 0.1) is 36.0 Å². The molecule has 5 nitrogen and oxygen atoms in total. The Morgan fingerprint density at radius 1 is 1.23 bits per heavy atom. The first-order chi connectivity index (χ1) is 10.7. The van der Waals surface area contributed by atoms with Crippen LogP contribution in [0.1, 0.15) is 31.9 Å². The fourth-order valence-corrected chi connectivity index (χ4v) is 2.78. The van der Waals surface area contributed by atoms with E-state index in [4.69, 9.17) is 0 Å². The van der Waals surface area contributed by atoms with Gasteiger partial charge in [-0.05, 0) is 44.5 Å². The van der Waals surface area contributed by atoms with Crippen LogP contribution in [0.25, 0.3) is 0 Å². The minimum absolute atomic E-state index is 0.716. The molecule has 1 N–H and O–H groups in total. The molecule has 0 unspecified atom stereocenters. The largest absolute Gasteiger partial charge is 0.338 e. The van der Waals surface area contributed by atoms with E-state index < -0.39 is 0 Å². The molecule has 0 radical (unpaired) electrons. The number of nitrogens with zero attached hydrogens (tertiary/aromatic N) is 4. The number of likely N-dealkylation sites (tertiary alicyclic amines) is 1. The lowest BCUT2D eigenvalue weighted by molar-refractivity contribution is 0.218. The first kappa shape index (κ1) is 14.9. The van der Waals surface area contributed by atoms with Crippen molar-refractivity contribution in [2.45, 2.75) is 32.7 Å². The molecule has 0 spiro atoms. The molecule has 3 rings (SSSR count). The van der Waals surface area contributed by atoms with Gasteiger partial charge >= 0.3 is 0 Å². The van der Waals surface area contributed by atoms with Crippen molar-refractivity contribution in [3.8, 4) is 0 Å². The third kappa shape index (κ3) is 3.80. The lowest BCUT2D eigenvalue weighted by Crippen LogP contribution is -2.29. The van der Waals surface area contributed by atoms with Crippen LogP contribution in [-0.2, 0) is 6.54 Å². The minimum atomic E-state index is 0.716. The van der Waals surface area contributed by atoms with E-state index in [0.29, 0.717) is 5.82 Å². The zero-order valence-electron chi connectivity index (χ0n) is 13.2. The molecule has 0 aromatic carbocycles. The van der Waals surface area contributed by atoms with Gasteiger partial charge in [-0.3, -0.25) is 14.9 Å². The molecule has 2 aliphatic heterocycles. The first-order valence-corrected chi connectivity index (χ1v) is 7.92. The Labute approximate surface area is 131 Å². The quantitative estimate of drug-likeness (QED) is 0.908. The average molecular weight is 297 g/mol. The van der Waals surface area contributed by atoms with E-state index in [9.17, 15) is 0 Å². The van der Waals surface area contributed by atoms with Crippen molar-refractivity contribution in [3.05, 3.63) is 42.0 Å². The van der Waals surface area contributed by atoms with E-state index in [1.54, 1.807) is 6.20 Å². The van der Waals surface area contributed by atoms with Crippen LogP contribution in [0.3, 0.4) is 0 Å². The number of hydrogen-bond donors (Lipinski definition) is 1. The van der Waals surface area contributed by atoms with Crippen LogP contribution >= 0.6 is 0 Å². The highest BCUT2D eigenvalue weighted by Crippen LogP contribution is 2.14. The van der Waals surface area contributed by atoms with Gasteiger partial charge in [0.2, 0.25) is 0 Å². The molecule has 0 aliphatic carbocycles. The fraction of sp³-hybridized carbons (Fsp3) is 0.471. The molecule has 1 fully saturated rings. The van der Waals surface area contributed by atoms with Crippen LogP contribution in [0.4, 0.5) is 5.82 Å². The normalized spacial score (nSPS) is 18.8. The van der Waals surface area contributed by atoms with E-state index in [0.717, 1.165) is 30.2 Å². The monoisotopic (exact) mass is 297 g/mol. The Morgan fingerprint density at radius 2 is 2.05 bits per heavy atom. The van der Waals surface area contributed by atoms with Crippen LogP contribution in [0.5, 0.6) is 0 Å². The highest BCUT2D eigenvalue weighted by atomic mass is 15.1. The maximum absolute atomic E-state index is 4.50. The van der Waals surface area contributed by atoms with E-state index in [1.807, 2.05) is 12.3 Å². The summed E-state index contributed by atoms with van der Waals surface area (Å²) in [5.41, 5.74) is 3.94. The molecule has 1 aromatic rings. The zero-order chi connectivity index (χ0) is 15.4. The van der Waals surface area contributed by atoms with E-state index >= 15 is 0 Å². The van der Waals surface area contributed by atoms with Gasteiger partial charge in [0.25, 0.3) is 0 Å². The SMILES string of the molecule is C=C(Nc1cnc(CN2CCCCC2)cn1)C1=NCC(C)=C1. The topological polar surface area (TPSA) is 53.4 Å².